The van der Waals surface area contributed by atoms with E-state index in [4.69, 9.17) is 21.9 Å². The molecule has 5 heteroatoms. The molecule has 0 bridgehead atoms. The molecule has 0 aliphatic rings. The summed E-state index contributed by atoms with van der Waals surface area (Å²) in [6.07, 6.45) is 0. The Balaban J connectivity index is 2.61. The molecule has 0 amide bonds. The number of nitrogens with zero attached hydrogens (tertiary/aromatic N) is 1. The molecule has 72 valence electrons. The predicted octanol–water partition coefficient (Wildman–Crippen LogP) is 2.28. The van der Waals surface area contributed by atoms with Crippen molar-refractivity contribution in [1.29, 1.82) is 0 Å². The van der Waals surface area contributed by atoms with E-state index in [1.165, 1.54) is 12.1 Å². The lowest BCUT2D eigenvalue weighted by atomic mass is 10.1. The van der Waals surface area contributed by atoms with Crippen molar-refractivity contribution >= 4 is 17.4 Å². The number of anilines is 1. The Hall–Kier alpha value is -1.68. The van der Waals surface area contributed by atoms with Crippen LogP contribution in [0.15, 0.2) is 28.8 Å². The number of nitrogens with two attached hydrogens (primary N) is 1. The van der Waals surface area contributed by atoms with Crippen molar-refractivity contribution in [2.75, 3.05) is 5.73 Å². The maximum Gasteiger partial charge on any atom is 0.174 e. The highest BCUT2D eigenvalue weighted by Crippen LogP contribution is 2.36. The maximum atomic E-state index is 9.54. The van der Waals surface area contributed by atoms with Crippen LogP contribution in [0, 0.1) is 0 Å². The third-order valence-electron chi connectivity index (χ3n) is 1.77. The van der Waals surface area contributed by atoms with Gasteiger partial charge in [-0.15, -0.1) is 0 Å². The molecule has 0 aliphatic carbocycles. The third kappa shape index (κ3) is 1.40. The predicted molar refractivity (Wildman–Crippen MR) is 53.0 cm³/mol. The minimum absolute atomic E-state index is 0.0358. The number of hydrogen-bond acceptors (Lipinski definition) is 4. The van der Waals surface area contributed by atoms with Gasteiger partial charge in [0.2, 0.25) is 0 Å². The summed E-state index contributed by atoms with van der Waals surface area (Å²) in [6, 6.07) is 6.30. The number of rotatable bonds is 1. The van der Waals surface area contributed by atoms with Gasteiger partial charge in [0.25, 0.3) is 0 Å². The summed E-state index contributed by atoms with van der Waals surface area (Å²) in [6.45, 7) is 0. The Morgan fingerprint density at radius 2 is 2.21 bits per heavy atom. The molecule has 0 spiro atoms. The number of hydrogen-bond donors (Lipinski definition) is 2. The largest absolute Gasteiger partial charge is 0.507 e. The van der Waals surface area contributed by atoms with E-state index in [1.807, 2.05) is 0 Å². The van der Waals surface area contributed by atoms with Gasteiger partial charge in [0.05, 0.1) is 10.6 Å². The van der Waals surface area contributed by atoms with Crippen LogP contribution in [0.3, 0.4) is 0 Å². The van der Waals surface area contributed by atoms with Crippen LogP contribution < -0.4 is 5.73 Å². The highest BCUT2D eigenvalue weighted by molar-refractivity contribution is 6.33. The fourth-order valence-corrected chi connectivity index (χ4v) is 1.43. The highest BCUT2D eigenvalue weighted by atomic mass is 35.5. The SMILES string of the molecule is Nc1cc(-c2c(O)cccc2Cl)on1. The van der Waals surface area contributed by atoms with Crippen LogP contribution in [-0.4, -0.2) is 10.3 Å². The highest BCUT2D eigenvalue weighted by Gasteiger charge is 2.13. The summed E-state index contributed by atoms with van der Waals surface area (Å²) in [5, 5.41) is 13.4. The van der Waals surface area contributed by atoms with Gasteiger partial charge in [-0.1, -0.05) is 22.8 Å². The number of halogens is 1. The number of aromatic nitrogens is 1. The molecular formula is C9H7ClN2O2. The van der Waals surface area contributed by atoms with Crippen LogP contribution in [0.5, 0.6) is 5.75 Å². The minimum Gasteiger partial charge on any atom is -0.507 e. The van der Waals surface area contributed by atoms with Gasteiger partial charge < -0.3 is 15.4 Å². The molecule has 0 saturated heterocycles. The Morgan fingerprint density at radius 1 is 1.43 bits per heavy atom. The molecule has 1 aromatic heterocycles. The normalized spacial score (nSPS) is 10.4. The monoisotopic (exact) mass is 210 g/mol. The van der Waals surface area contributed by atoms with Crippen molar-refractivity contribution in [3.05, 3.63) is 29.3 Å². The molecule has 0 aliphatic heterocycles. The smallest absolute Gasteiger partial charge is 0.174 e. The summed E-state index contributed by atoms with van der Waals surface area (Å²) < 4.78 is 4.89. The second kappa shape index (κ2) is 3.23. The van der Waals surface area contributed by atoms with E-state index in [0.29, 0.717) is 16.3 Å². The van der Waals surface area contributed by atoms with Gasteiger partial charge >= 0.3 is 0 Å². The fraction of sp³-hybridized carbons (Fsp3) is 0. The summed E-state index contributed by atoms with van der Waals surface area (Å²) in [5.41, 5.74) is 5.79. The molecule has 1 heterocycles. The van der Waals surface area contributed by atoms with Crippen LogP contribution in [0.1, 0.15) is 0 Å². The Kier molecular flexibility index (Phi) is 2.05. The van der Waals surface area contributed by atoms with E-state index in [9.17, 15) is 5.11 Å². The molecule has 0 radical (unpaired) electrons. The van der Waals surface area contributed by atoms with Crippen molar-refractivity contribution in [2.45, 2.75) is 0 Å². The van der Waals surface area contributed by atoms with Crippen LogP contribution in [0.25, 0.3) is 11.3 Å². The molecule has 0 saturated carbocycles. The molecule has 1 aromatic carbocycles. The van der Waals surface area contributed by atoms with Crippen molar-refractivity contribution < 1.29 is 9.63 Å². The second-order valence-corrected chi connectivity index (χ2v) is 3.16. The Labute approximate surface area is 84.9 Å². The molecular weight excluding hydrogens is 204 g/mol. The molecule has 2 aromatic rings. The topological polar surface area (TPSA) is 72.3 Å². The Bertz CT molecular complexity index is 447. The summed E-state index contributed by atoms with van der Waals surface area (Å²) in [7, 11) is 0. The standard InChI is InChI=1S/C9H7ClN2O2/c10-5-2-1-3-6(13)9(5)7-4-8(11)12-14-7/h1-4,13H,(H2,11,12). The van der Waals surface area contributed by atoms with E-state index >= 15 is 0 Å². The van der Waals surface area contributed by atoms with Gasteiger partial charge in [0.1, 0.15) is 5.75 Å². The van der Waals surface area contributed by atoms with Gasteiger partial charge in [-0.05, 0) is 12.1 Å². The average molecular weight is 211 g/mol. The van der Waals surface area contributed by atoms with Crippen molar-refractivity contribution in [3.8, 4) is 17.1 Å². The van der Waals surface area contributed by atoms with Crippen molar-refractivity contribution in [1.82, 2.24) is 5.16 Å². The number of phenols is 1. The molecule has 4 nitrogen and oxygen atoms in total. The van der Waals surface area contributed by atoms with Crippen LogP contribution >= 0.6 is 11.6 Å². The summed E-state index contributed by atoms with van der Waals surface area (Å²) >= 11 is 5.88. The second-order valence-electron chi connectivity index (χ2n) is 2.75. The first kappa shape index (κ1) is 8.90. The van der Waals surface area contributed by atoms with Gasteiger partial charge in [-0.2, -0.15) is 0 Å². The zero-order chi connectivity index (χ0) is 10.1. The molecule has 14 heavy (non-hydrogen) atoms. The number of aromatic hydroxyl groups is 1. The van der Waals surface area contributed by atoms with Gasteiger partial charge in [0.15, 0.2) is 11.6 Å². The van der Waals surface area contributed by atoms with Gasteiger partial charge in [-0.3, -0.25) is 0 Å². The lowest BCUT2D eigenvalue weighted by Gasteiger charge is -2.01. The lowest BCUT2D eigenvalue weighted by molar-refractivity contribution is 0.429. The van der Waals surface area contributed by atoms with E-state index in [1.54, 1.807) is 12.1 Å². The van der Waals surface area contributed by atoms with Gasteiger partial charge in [0, 0.05) is 6.07 Å². The maximum absolute atomic E-state index is 9.54. The van der Waals surface area contributed by atoms with E-state index in [0.717, 1.165) is 0 Å². The zero-order valence-corrected chi connectivity index (χ0v) is 7.82. The summed E-state index contributed by atoms with van der Waals surface area (Å²) in [4.78, 5) is 0. The van der Waals surface area contributed by atoms with Crippen LogP contribution in [0.2, 0.25) is 5.02 Å². The summed E-state index contributed by atoms with van der Waals surface area (Å²) in [5.74, 6) is 0.638. The molecule has 0 fully saturated rings. The molecule has 3 N–H and O–H groups in total. The number of benzene rings is 1. The zero-order valence-electron chi connectivity index (χ0n) is 7.07. The van der Waals surface area contributed by atoms with Crippen molar-refractivity contribution in [2.24, 2.45) is 0 Å². The molecule has 0 atom stereocenters. The molecule has 2 rings (SSSR count). The van der Waals surface area contributed by atoms with Gasteiger partial charge in [-0.25, -0.2) is 0 Å². The average Bonchev–Trinajstić information content (AvgIpc) is 2.51. The number of nitrogen functional groups attached to an aromatic ring is 1. The van der Waals surface area contributed by atoms with Crippen LogP contribution in [-0.2, 0) is 0 Å². The minimum atomic E-state index is 0.0358. The first-order valence-electron chi connectivity index (χ1n) is 3.88. The first-order chi connectivity index (χ1) is 6.68. The van der Waals surface area contributed by atoms with E-state index in [2.05, 4.69) is 5.16 Å². The Morgan fingerprint density at radius 3 is 2.79 bits per heavy atom. The van der Waals surface area contributed by atoms with E-state index in [-0.39, 0.29) is 11.6 Å². The lowest BCUT2D eigenvalue weighted by Crippen LogP contribution is -1.80. The molecule has 0 unspecified atom stereocenters. The van der Waals surface area contributed by atoms with E-state index < -0.39 is 0 Å². The fourth-order valence-electron chi connectivity index (χ4n) is 1.16. The number of phenolic OH excluding ortho intramolecular Hbond substituents is 1. The quantitative estimate of drug-likeness (QED) is 0.758. The van der Waals surface area contributed by atoms with Crippen molar-refractivity contribution in [3.63, 3.8) is 0 Å². The first-order valence-corrected chi connectivity index (χ1v) is 4.26. The third-order valence-corrected chi connectivity index (χ3v) is 2.08. The van der Waals surface area contributed by atoms with Crippen LogP contribution in [0.4, 0.5) is 5.82 Å².